The van der Waals surface area contributed by atoms with Crippen LogP contribution >= 0.6 is 11.6 Å². The highest BCUT2D eigenvalue weighted by Crippen LogP contribution is 2.21. The molecule has 0 aliphatic heterocycles. The fourth-order valence-corrected chi connectivity index (χ4v) is 1.95. The molecule has 0 saturated carbocycles. The number of benzene rings is 2. The van der Waals surface area contributed by atoms with Gasteiger partial charge in [0.05, 0.1) is 6.61 Å². The van der Waals surface area contributed by atoms with Gasteiger partial charge in [-0.15, -0.1) is 0 Å². The van der Waals surface area contributed by atoms with Crippen molar-refractivity contribution < 1.29 is 9.13 Å². The number of ether oxygens (including phenoxy) is 1. The summed E-state index contributed by atoms with van der Waals surface area (Å²) in [6.07, 6.45) is 0. The van der Waals surface area contributed by atoms with Crippen molar-refractivity contribution in [2.75, 3.05) is 11.9 Å². The summed E-state index contributed by atoms with van der Waals surface area (Å²) in [5.74, 6) is -0.0891. The van der Waals surface area contributed by atoms with Crippen LogP contribution in [0.4, 0.5) is 10.1 Å². The van der Waals surface area contributed by atoms with Gasteiger partial charge in [0.25, 0.3) is 0 Å². The van der Waals surface area contributed by atoms with Crippen LogP contribution in [0.15, 0.2) is 42.5 Å². The first-order chi connectivity index (χ1) is 9.19. The molecule has 0 atom stereocenters. The molecule has 4 heteroatoms. The minimum absolute atomic E-state index is 0.274. The number of hydrogen-bond donors (Lipinski definition) is 1. The Labute approximate surface area is 117 Å². The molecule has 100 valence electrons. The van der Waals surface area contributed by atoms with Crippen molar-refractivity contribution in [1.82, 2.24) is 0 Å². The second kappa shape index (κ2) is 6.43. The van der Waals surface area contributed by atoms with Gasteiger partial charge in [-0.2, -0.15) is 0 Å². The summed E-state index contributed by atoms with van der Waals surface area (Å²) >= 11 is 5.90. The van der Waals surface area contributed by atoms with Crippen LogP contribution in [0, 0.1) is 5.82 Å². The van der Waals surface area contributed by atoms with Crippen LogP contribution < -0.4 is 10.1 Å². The van der Waals surface area contributed by atoms with E-state index in [9.17, 15) is 4.39 Å². The van der Waals surface area contributed by atoms with Crippen LogP contribution in [0.3, 0.4) is 0 Å². The molecule has 0 saturated heterocycles. The van der Waals surface area contributed by atoms with Gasteiger partial charge in [0.1, 0.15) is 0 Å². The molecule has 0 amide bonds. The Morgan fingerprint density at radius 2 is 2.05 bits per heavy atom. The van der Waals surface area contributed by atoms with Gasteiger partial charge in [-0.05, 0) is 36.8 Å². The number of anilines is 1. The van der Waals surface area contributed by atoms with Crippen molar-refractivity contribution in [1.29, 1.82) is 0 Å². The summed E-state index contributed by atoms with van der Waals surface area (Å²) in [7, 11) is 0. The normalized spacial score (nSPS) is 10.3. The Hall–Kier alpha value is -1.74. The van der Waals surface area contributed by atoms with E-state index in [1.807, 2.05) is 31.2 Å². The first-order valence-electron chi connectivity index (χ1n) is 6.09. The molecule has 19 heavy (non-hydrogen) atoms. The fraction of sp³-hybridized carbons (Fsp3) is 0.200. The third-order valence-electron chi connectivity index (χ3n) is 2.62. The Kier molecular flexibility index (Phi) is 4.63. The lowest BCUT2D eigenvalue weighted by molar-refractivity contribution is 0.321. The molecule has 0 bridgehead atoms. The maximum atomic E-state index is 13.6. The summed E-state index contributed by atoms with van der Waals surface area (Å²) in [6, 6.07) is 12.4. The minimum Gasteiger partial charge on any atom is -0.491 e. The average Bonchev–Trinajstić information content (AvgIpc) is 2.39. The van der Waals surface area contributed by atoms with Gasteiger partial charge < -0.3 is 10.1 Å². The molecule has 0 aliphatic rings. The van der Waals surface area contributed by atoms with E-state index >= 15 is 0 Å². The largest absolute Gasteiger partial charge is 0.491 e. The van der Waals surface area contributed by atoms with E-state index in [1.54, 1.807) is 12.1 Å². The van der Waals surface area contributed by atoms with Crippen molar-refractivity contribution in [2.45, 2.75) is 13.5 Å². The summed E-state index contributed by atoms with van der Waals surface area (Å²) < 4.78 is 18.8. The van der Waals surface area contributed by atoms with E-state index in [1.165, 1.54) is 6.07 Å². The molecular weight excluding hydrogens is 265 g/mol. The molecule has 0 radical (unpaired) electrons. The predicted molar refractivity (Wildman–Crippen MR) is 76.3 cm³/mol. The monoisotopic (exact) mass is 279 g/mol. The highest BCUT2D eigenvalue weighted by Gasteiger charge is 2.04. The van der Waals surface area contributed by atoms with E-state index in [2.05, 4.69) is 5.32 Å². The van der Waals surface area contributed by atoms with E-state index in [0.717, 1.165) is 5.56 Å². The predicted octanol–water partition coefficient (Wildman–Crippen LogP) is 4.49. The average molecular weight is 280 g/mol. The molecule has 0 fully saturated rings. The first kappa shape index (κ1) is 13.7. The van der Waals surface area contributed by atoms with Crippen LogP contribution in [-0.4, -0.2) is 6.61 Å². The third kappa shape index (κ3) is 3.86. The molecule has 0 heterocycles. The summed E-state index contributed by atoms with van der Waals surface area (Å²) in [5.41, 5.74) is 1.75. The van der Waals surface area contributed by atoms with Crippen molar-refractivity contribution in [3.63, 3.8) is 0 Å². The van der Waals surface area contributed by atoms with Crippen molar-refractivity contribution in [3.05, 3.63) is 58.9 Å². The summed E-state index contributed by atoms with van der Waals surface area (Å²) in [6.45, 7) is 2.87. The van der Waals surface area contributed by atoms with Gasteiger partial charge in [0.2, 0.25) is 0 Å². The van der Waals surface area contributed by atoms with Crippen LogP contribution in [0.2, 0.25) is 5.02 Å². The topological polar surface area (TPSA) is 21.3 Å². The van der Waals surface area contributed by atoms with Gasteiger partial charge in [-0.25, -0.2) is 4.39 Å². The molecular formula is C15H15ClFNO. The molecule has 2 aromatic carbocycles. The zero-order valence-electron chi connectivity index (χ0n) is 10.6. The number of rotatable bonds is 5. The Balaban J connectivity index is 2.02. The van der Waals surface area contributed by atoms with E-state index in [0.29, 0.717) is 23.9 Å². The quantitative estimate of drug-likeness (QED) is 0.871. The summed E-state index contributed by atoms with van der Waals surface area (Å²) in [4.78, 5) is 0. The zero-order chi connectivity index (χ0) is 13.7. The Morgan fingerprint density at radius 3 is 2.74 bits per heavy atom. The zero-order valence-corrected chi connectivity index (χ0v) is 11.4. The smallest absolute Gasteiger partial charge is 0.167 e. The first-order valence-corrected chi connectivity index (χ1v) is 6.47. The van der Waals surface area contributed by atoms with E-state index in [-0.39, 0.29) is 11.6 Å². The van der Waals surface area contributed by atoms with Gasteiger partial charge >= 0.3 is 0 Å². The van der Waals surface area contributed by atoms with Crippen LogP contribution in [0.5, 0.6) is 5.75 Å². The summed E-state index contributed by atoms with van der Waals surface area (Å²) in [5, 5.41) is 3.84. The van der Waals surface area contributed by atoms with Crippen molar-refractivity contribution in [2.24, 2.45) is 0 Å². The van der Waals surface area contributed by atoms with Gasteiger partial charge in [-0.1, -0.05) is 23.7 Å². The fourth-order valence-electron chi connectivity index (χ4n) is 1.73. The maximum Gasteiger partial charge on any atom is 0.167 e. The molecule has 0 aromatic heterocycles. The molecule has 0 unspecified atom stereocenters. The Bertz CT molecular complexity index is 560. The molecule has 2 aromatic rings. The lowest BCUT2D eigenvalue weighted by Crippen LogP contribution is -2.01. The van der Waals surface area contributed by atoms with E-state index in [4.69, 9.17) is 16.3 Å². The second-order valence-electron chi connectivity index (χ2n) is 4.06. The van der Waals surface area contributed by atoms with Crippen molar-refractivity contribution >= 4 is 17.3 Å². The lowest BCUT2D eigenvalue weighted by Gasteiger charge is -2.09. The van der Waals surface area contributed by atoms with Gasteiger partial charge in [-0.3, -0.25) is 0 Å². The maximum absolute atomic E-state index is 13.6. The molecule has 2 nitrogen and oxygen atoms in total. The van der Waals surface area contributed by atoms with Crippen LogP contribution in [-0.2, 0) is 6.54 Å². The van der Waals surface area contributed by atoms with Gasteiger partial charge in [0, 0.05) is 23.3 Å². The minimum atomic E-state index is -0.363. The lowest BCUT2D eigenvalue weighted by atomic mass is 10.2. The SMILES string of the molecule is CCOc1ccc(NCc2cccc(Cl)c2)cc1F. The number of nitrogens with one attached hydrogen (secondary N) is 1. The second-order valence-corrected chi connectivity index (χ2v) is 4.50. The van der Waals surface area contributed by atoms with Crippen molar-refractivity contribution in [3.8, 4) is 5.75 Å². The molecule has 0 spiro atoms. The highest BCUT2D eigenvalue weighted by atomic mass is 35.5. The standard InChI is InChI=1S/C15H15ClFNO/c1-2-19-15-7-6-13(9-14(15)17)18-10-11-4-3-5-12(16)8-11/h3-9,18H,2,10H2,1H3. The highest BCUT2D eigenvalue weighted by molar-refractivity contribution is 6.30. The van der Waals surface area contributed by atoms with Crippen LogP contribution in [0.25, 0.3) is 0 Å². The number of halogens is 2. The van der Waals surface area contributed by atoms with E-state index < -0.39 is 0 Å². The molecule has 0 aliphatic carbocycles. The molecule has 2 rings (SSSR count). The Morgan fingerprint density at radius 1 is 1.21 bits per heavy atom. The number of hydrogen-bond acceptors (Lipinski definition) is 2. The van der Waals surface area contributed by atoms with Crippen LogP contribution in [0.1, 0.15) is 12.5 Å². The molecule has 1 N–H and O–H groups in total. The van der Waals surface area contributed by atoms with Gasteiger partial charge in [0.15, 0.2) is 11.6 Å². The third-order valence-corrected chi connectivity index (χ3v) is 2.85.